The van der Waals surface area contributed by atoms with Gasteiger partial charge in [0.25, 0.3) is 0 Å². The van der Waals surface area contributed by atoms with E-state index in [9.17, 15) is 0 Å². The van der Waals surface area contributed by atoms with Crippen LogP contribution in [0.1, 0.15) is 11.1 Å². The number of nitrogens with zero attached hydrogens (tertiary/aromatic N) is 2. The second-order valence-electron chi connectivity index (χ2n) is 5.31. The predicted molar refractivity (Wildman–Crippen MR) is 86.6 cm³/mol. The Bertz CT molecular complexity index is 726. The molecule has 0 bridgehead atoms. The Hall–Kier alpha value is -2.20. The van der Waals surface area contributed by atoms with Gasteiger partial charge in [0, 0.05) is 23.1 Å². The standard InChI is InChI=1S/C17H15N3S/c1-2-6-12(7-3-1)16-19-17(21-20-16)18-15-10-13-8-4-5-9-14(13)11-15/h1-9,15H,10-11H2,(H,18,19,20). The summed E-state index contributed by atoms with van der Waals surface area (Å²) in [7, 11) is 0. The zero-order valence-corrected chi connectivity index (χ0v) is 12.3. The van der Waals surface area contributed by atoms with E-state index in [1.807, 2.05) is 30.3 Å². The molecule has 1 N–H and O–H groups in total. The average Bonchev–Trinajstić information content (AvgIpc) is 3.14. The van der Waals surface area contributed by atoms with Crippen molar-refractivity contribution >= 4 is 16.7 Å². The molecule has 4 rings (SSSR count). The van der Waals surface area contributed by atoms with E-state index in [1.165, 1.54) is 22.7 Å². The van der Waals surface area contributed by atoms with Crippen molar-refractivity contribution in [1.29, 1.82) is 0 Å². The summed E-state index contributed by atoms with van der Waals surface area (Å²) < 4.78 is 4.45. The molecule has 1 aliphatic carbocycles. The highest BCUT2D eigenvalue weighted by molar-refractivity contribution is 7.09. The molecule has 104 valence electrons. The summed E-state index contributed by atoms with van der Waals surface area (Å²) in [5.41, 5.74) is 3.96. The normalized spacial score (nSPS) is 14.1. The fourth-order valence-corrected chi connectivity index (χ4v) is 3.49. The van der Waals surface area contributed by atoms with Crippen molar-refractivity contribution in [2.45, 2.75) is 18.9 Å². The van der Waals surface area contributed by atoms with Crippen LogP contribution in [0.5, 0.6) is 0 Å². The minimum atomic E-state index is 0.430. The Morgan fingerprint density at radius 3 is 2.29 bits per heavy atom. The van der Waals surface area contributed by atoms with Gasteiger partial charge < -0.3 is 5.32 Å². The summed E-state index contributed by atoms with van der Waals surface area (Å²) in [5, 5.41) is 4.43. The van der Waals surface area contributed by atoms with E-state index >= 15 is 0 Å². The van der Waals surface area contributed by atoms with Crippen molar-refractivity contribution in [2.75, 3.05) is 5.32 Å². The number of nitrogens with one attached hydrogen (secondary N) is 1. The van der Waals surface area contributed by atoms with Gasteiger partial charge in [-0.3, -0.25) is 0 Å². The maximum absolute atomic E-state index is 4.60. The molecule has 21 heavy (non-hydrogen) atoms. The molecule has 0 spiro atoms. The van der Waals surface area contributed by atoms with Crippen molar-refractivity contribution in [3.63, 3.8) is 0 Å². The zero-order valence-electron chi connectivity index (χ0n) is 11.5. The first-order chi connectivity index (χ1) is 10.4. The molecule has 0 saturated carbocycles. The van der Waals surface area contributed by atoms with Gasteiger partial charge in [-0.25, -0.2) is 0 Å². The largest absolute Gasteiger partial charge is 0.357 e. The SMILES string of the molecule is c1ccc(-c2nsc(NC3Cc4ccccc4C3)n2)cc1. The summed E-state index contributed by atoms with van der Waals surface area (Å²) in [6.07, 6.45) is 2.13. The second-order valence-corrected chi connectivity index (χ2v) is 6.06. The van der Waals surface area contributed by atoms with Crippen molar-refractivity contribution in [2.24, 2.45) is 0 Å². The Morgan fingerprint density at radius 2 is 1.57 bits per heavy atom. The number of rotatable bonds is 3. The Balaban J connectivity index is 1.49. The van der Waals surface area contributed by atoms with Crippen LogP contribution in [0.15, 0.2) is 54.6 Å². The third-order valence-corrected chi connectivity index (χ3v) is 4.48. The number of aromatic nitrogens is 2. The highest BCUT2D eigenvalue weighted by Crippen LogP contribution is 2.26. The van der Waals surface area contributed by atoms with E-state index in [4.69, 9.17) is 0 Å². The fourth-order valence-electron chi connectivity index (χ4n) is 2.82. The topological polar surface area (TPSA) is 37.8 Å². The molecule has 3 nitrogen and oxygen atoms in total. The summed E-state index contributed by atoms with van der Waals surface area (Å²) >= 11 is 1.44. The molecule has 1 aromatic heterocycles. The van der Waals surface area contributed by atoms with Crippen LogP contribution in [0.4, 0.5) is 5.13 Å². The van der Waals surface area contributed by atoms with Crippen molar-refractivity contribution in [3.8, 4) is 11.4 Å². The highest BCUT2D eigenvalue weighted by atomic mass is 32.1. The van der Waals surface area contributed by atoms with Crippen LogP contribution in [0.2, 0.25) is 0 Å². The lowest BCUT2D eigenvalue weighted by Gasteiger charge is -2.09. The monoisotopic (exact) mass is 293 g/mol. The third kappa shape index (κ3) is 2.54. The Morgan fingerprint density at radius 1 is 0.905 bits per heavy atom. The molecule has 4 heteroatoms. The lowest BCUT2D eigenvalue weighted by Crippen LogP contribution is -2.19. The zero-order chi connectivity index (χ0) is 14.1. The smallest absolute Gasteiger partial charge is 0.203 e. The highest BCUT2D eigenvalue weighted by Gasteiger charge is 2.21. The van der Waals surface area contributed by atoms with Crippen LogP contribution in [-0.2, 0) is 12.8 Å². The Kier molecular flexibility index (Phi) is 3.16. The van der Waals surface area contributed by atoms with Gasteiger partial charge in [0.2, 0.25) is 5.13 Å². The van der Waals surface area contributed by atoms with Crippen molar-refractivity contribution in [3.05, 3.63) is 65.7 Å². The molecule has 0 atom stereocenters. The quantitative estimate of drug-likeness (QED) is 0.798. The van der Waals surface area contributed by atoms with Gasteiger partial charge in [-0.05, 0) is 24.0 Å². The molecule has 0 amide bonds. The van der Waals surface area contributed by atoms with Crippen LogP contribution in [-0.4, -0.2) is 15.4 Å². The van der Waals surface area contributed by atoms with Crippen molar-refractivity contribution < 1.29 is 0 Å². The van der Waals surface area contributed by atoms with E-state index in [0.717, 1.165) is 29.4 Å². The molecule has 0 radical (unpaired) electrons. The molecule has 2 aromatic carbocycles. The first-order valence-electron chi connectivity index (χ1n) is 7.11. The Labute approximate surface area is 127 Å². The van der Waals surface area contributed by atoms with Gasteiger partial charge in [0.15, 0.2) is 5.82 Å². The lowest BCUT2D eigenvalue weighted by atomic mass is 10.1. The minimum absolute atomic E-state index is 0.430. The summed E-state index contributed by atoms with van der Waals surface area (Å²) in [5.74, 6) is 0.804. The molecule has 1 heterocycles. The number of hydrogen-bond acceptors (Lipinski definition) is 4. The summed E-state index contributed by atoms with van der Waals surface area (Å²) in [4.78, 5) is 4.60. The maximum Gasteiger partial charge on any atom is 0.203 e. The van der Waals surface area contributed by atoms with Gasteiger partial charge in [-0.1, -0.05) is 54.6 Å². The van der Waals surface area contributed by atoms with Gasteiger partial charge in [0.05, 0.1) is 0 Å². The van der Waals surface area contributed by atoms with Crippen LogP contribution >= 0.6 is 11.5 Å². The fraction of sp³-hybridized carbons (Fsp3) is 0.176. The number of fused-ring (bicyclic) bond motifs is 1. The van der Waals surface area contributed by atoms with Crippen LogP contribution < -0.4 is 5.32 Å². The molecule has 0 fully saturated rings. The van der Waals surface area contributed by atoms with E-state index in [0.29, 0.717) is 6.04 Å². The van der Waals surface area contributed by atoms with E-state index in [1.54, 1.807) is 0 Å². The molecule has 3 aromatic rings. The van der Waals surface area contributed by atoms with Crippen LogP contribution in [0, 0.1) is 0 Å². The molecular formula is C17H15N3S. The van der Waals surface area contributed by atoms with E-state index in [2.05, 4.69) is 38.9 Å². The molecular weight excluding hydrogens is 278 g/mol. The maximum atomic E-state index is 4.60. The molecule has 0 unspecified atom stereocenters. The molecule has 0 aliphatic heterocycles. The van der Waals surface area contributed by atoms with Crippen LogP contribution in [0.25, 0.3) is 11.4 Å². The van der Waals surface area contributed by atoms with E-state index in [-0.39, 0.29) is 0 Å². The molecule has 1 aliphatic rings. The number of anilines is 1. The summed E-state index contributed by atoms with van der Waals surface area (Å²) in [6.45, 7) is 0. The second kappa shape index (κ2) is 5.30. The number of hydrogen-bond donors (Lipinski definition) is 1. The van der Waals surface area contributed by atoms with Crippen LogP contribution in [0.3, 0.4) is 0 Å². The average molecular weight is 293 g/mol. The first kappa shape index (κ1) is 12.5. The van der Waals surface area contributed by atoms with Gasteiger partial charge >= 0.3 is 0 Å². The van der Waals surface area contributed by atoms with Gasteiger partial charge in [-0.2, -0.15) is 9.36 Å². The van der Waals surface area contributed by atoms with Gasteiger partial charge in [-0.15, -0.1) is 0 Å². The van der Waals surface area contributed by atoms with Crippen molar-refractivity contribution in [1.82, 2.24) is 9.36 Å². The number of benzene rings is 2. The van der Waals surface area contributed by atoms with E-state index < -0.39 is 0 Å². The lowest BCUT2D eigenvalue weighted by molar-refractivity contribution is 0.773. The summed E-state index contributed by atoms with van der Waals surface area (Å²) in [6, 6.07) is 19.2. The molecule has 0 saturated heterocycles. The first-order valence-corrected chi connectivity index (χ1v) is 7.88. The predicted octanol–water partition coefficient (Wildman–Crippen LogP) is 3.78. The minimum Gasteiger partial charge on any atom is -0.357 e. The third-order valence-electron chi connectivity index (χ3n) is 3.84. The van der Waals surface area contributed by atoms with Gasteiger partial charge in [0.1, 0.15) is 0 Å².